The lowest BCUT2D eigenvalue weighted by Gasteiger charge is -2.29. The lowest BCUT2D eigenvalue weighted by Crippen LogP contribution is -2.47. The molecule has 0 radical (unpaired) electrons. The third-order valence-electron chi connectivity index (χ3n) is 3.44. The molecule has 2 N–H and O–H groups in total. The number of rotatable bonds is 7. The summed E-state index contributed by atoms with van der Waals surface area (Å²) in [6.07, 6.45) is -0.536. The molecule has 5 heteroatoms. The van der Waals surface area contributed by atoms with Crippen molar-refractivity contribution in [2.75, 3.05) is 6.54 Å². The van der Waals surface area contributed by atoms with Crippen molar-refractivity contribution in [3.05, 3.63) is 29.8 Å². The zero-order valence-corrected chi connectivity index (χ0v) is 15.9. The molecule has 2 atom stereocenters. The van der Waals surface area contributed by atoms with Crippen molar-refractivity contribution in [3.8, 4) is 0 Å². The molecule has 1 aromatic rings. The highest BCUT2D eigenvalue weighted by Gasteiger charge is 2.20. The van der Waals surface area contributed by atoms with E-state index in [9.17, 15) is 9.90 Å². The zero-order chi connectivity index (χ0) is 17.6. The van der Waals surface area contributed by atoms with Crippen LogP contribution in [0.1, 0.15) is 53.1 Å². The van der Waals surface area contributed by atoms with E-state index in [4.69, 9.17) is 0 Å². The minimum atomic E-state index is -0.536. The maximum atomic E-state index is 12.4. The van der Waals surface area contributed by atoms with Crippen LogP contribution < -0.4 is 5.32 Å². The number of nitrogens with one attached hydrogen (secondary N) is 1. The number of thioether (sulfide) groups is 1. The fraction of sp³-hybridized carbons (Fsp3) is 0.611. The van der Waals surface area contributed by atoms with Crippen LogP contribution >= 0.6 is 11.8 Å². The molecule has 0 saturated carbocycles. The van der Waals surface area contributed by atoms with Crippen LogP contribution in [0.15, 0.2) is 29.2 Å². The van der Waals surface area contributed by atoms with Gasteiger partial charge in [-0.1, -0.05) is 26.0 Å². The quantitative estimate of drug-likeness (QED) is 0.738. The molecule has 0 heterocycles. The highest BCUT2D eigenvalue weighted by Crippen LogP contribution is 2.24. The van der Waals surface area contributed by atoms with Gasteiger partial charge in [0, 0.05) is 22.7 Å². The number of carbonyl (C=O) groups is 1. The maximum Gasteiger partial charge on any atom is 0.318 e. The molecule has 0 fully saturated rings. The largest absolute Gasteiger partial charge is 0.392 e. The van der Waals surface area contributed by atoms with E-state index in [0.29, 0.717) is 11.8 Å². The van der Waals surface area contributed by atoms with Crippen molar-refractivity contribution in [2.24, 2.45) is 0 Å². The van der Waals surface area contributed by atoms with Crippen LogP contribution in [0.4, 0.5) is 4.79 Å². The predicted octanol–water partition coefficient (Wildman–Crippen LogP) is 4.05. The van der Waals surface area contributed by atoms with Gasteiger partial charge in [-0.2, -0.15) is 0 Å². The summed E-state index contributed by atoms with van der Waals surface area (Å²) in [5.41, 5.74) is 1.08. The Labute approximate surface area is 144 Å². The molecule has 23 heavy (non-hydrogen) atoms. The SMILES string of the molecule is CC(O)CN(C(=O)NC(C)c1ccc(SC(C)C)cc1)C(C)C. The zero-order valence-electron chi connectivity index (χ0n) is 15.0. The van der Waals surface area contributed by atoms with E-state index in [0.717, 1.165) is 5.56 Å². The number of nitrogens with zero attached hydrogens (tertiary/aromatic N) is 1. The predicted molar refractivity (Wildman–Crippen MR) is 97.9 cm³/mol. The Morgan fingerprint density at radius 1 is 1.13 bits per heavy atom. The number of aliphatic hydroxyl groups is 1. The highest BCUT2D eigenvalue weighted by atomic mass is 32.2. The number of amides is 2. The van der Waals surface area contributed by atoms with Gasteiger partial charge >= 0.3 is 6.03 Å². The van der Waals surface area contributed by atoms with Gasteiger partial charge in [-0.15, -0.1) is 11.8 Å². The first-order valence-electron chi connectivity index (χ1n) is 8.22. The summed E-state index contributed by atoms with van der Waals surface area (Å²) in [6.45, 7) is 12.2. The molecule has 130 valence electrons. The van der Waals surface area contributed by atoms with Gasteiger partial charge in [-0.25, -0.2) is 4.79 Å². The molecule has 0 aromatic heterocycles. The molecule has 0 aliphatic heterocycles. The van der Waals surface area contributed by atoms with Gasteiger partial charge in [0.25, 0.3) is 0 Å². The summed E-state index contributed by atoms with van der Waals surface area (Å²) in [5.74, 6) is 0. The Kier molecular flexibility index (Phi) is 7.92. The fourth-order valence-electron chi connectivity index (χ4n) is 2.27. The lowest BCUT2D eigenvalue weighted by molar-refractivity contribution is 0.117. The van der Waals surface area contributed by atoms with Crippen LogP contribution in [0.3, 0.4) is 0 Å². The topological polar surface area (TPSA) is 52.6 Å². The molecule has 1 aromatic carbocycles. The molecule has 0 saturated heterocycles. The molecule has 2 unspecified atom stereocenters. The summed E-state index contributed by atoms with van der Waals surface area (Å²) < 4.78 is 0. The van der Waals surface area contributed by atoms with Crippen molar-refractivity contribution >= 4 is 17.8 Å². The number of carbonyl (C=O) groups excluding carboxylic acids is 1. The number of urea groups is 1. The molecular weight excluding hydrogens is 308 g/mol. The van der Waals surface area contributed by atoms with Gasteiger partial charge in [0.1, 0.15) is 0 Å². The van der Waals surface area contributed by atoms with Crippen molar-refractivity contribution < 1.29 is 9.90 Å². The van der Waals surface area contributed by atoms with Gasteiger partial charge in [0.15, 0.2) is 0 Å². The molecule has 0 aliphatic carbocycles. The van der Waals surface area contributed by atoms with Crippen molar-refractivity contribution in [1.82, 2.24) is 10.2 Å². The second-order valence-corrected chi connectivity index (χ2v) is 8.15. The molecule has 1 rings (SSSR count). The average molecular weight is 339 g/mol. The smallest absolute Gasteiger partial charge is 0.318 e. The van der Waals surface area contributed by atoms with E-state index >= 15 is 0 Å². The summed E-state index contributed by atoms with van der Waals surface area (Å²) in [7, 11) is 0. The molecule has 4 nitrogen and oxygen atoms in total. The Bertz CT molecular complexity index is 486. The van der Waals surface area contributed by atoms with Crippen LogP contribution in [0, 0.1) is 0 Å². The third kappa shape index (κ3) is 6.83. The molecular formula is C18H30N2O2S. The Morgan fingerprint density at radius 2 is 1.70 bits per heavy atom. The summed E-state index contributed by atoms with van der Waals surface area (Å²) >= 11 is 1.83. The standard InChI is InChI=1S/C18H30N2O2S/c1-12(2)20(11-14(5)21)18(22)19-15(6)16-7-9-17(10-8-16)23-13(3)4/h7-10,12-15,21H,11H2,1-6H3,(H,19,22). The Balaban J connectivity index is 2.69. The first kappa shape index (κ1) is 19.8. The van der Waals surface area contributed by atoms with Crippen molar-refractivity contribution in [1.29, 1.82) is 0 Å². The van der Waals surface area contributed by atoms with E-state index in [1.54, 1.807) is 11.8 Å². The van der Waals surface area contributed by atoms with Crippen molar-refractivity contribution in [3.63, 3.8) is 0 Å². The fourth-order valence-corrected chi connectivity index (χ4v) is 3.11. The summed E-state index contributed by atoms with van der Waals surface area (Å²) in [6, 6.07) is 8.14. The summed E-state index contributed by atoms with van der Waals surface area (Å²) in [5, 5.41) is 13.1. The third-order valence-corrected chi connectivity index (χ3v) is 4.45. The van der Waals surface area contributed by atoms with E-state index in [2.05, 4.69) is 43.4 Å². The second-order valence-electron chi connectivity index (χ2n) is 6.50. The van der Waals surface area contributed by atoms with Gasteiger partial charge in [0.05, 0.1) is 12.1 Å². The van der Waals surface area contributed by atoms with Gasteiger partial charge in [-0.3, -0.25) is 0 Å². The molecule has 0 spiro atoms. The van der Waals surface area contributed by atoms with Crippen LogP contribution in [0.25, 0.3) is 0 Å². The van der Waals surface area contributed by atoms with Crippen molar-refractivity contribution in [2.45, 2.75) is 69.9 Å². The molecule has 0 bridgehead atoms. The first-order valence-corrected chi connectivity index (χ1v) is 9.10. The Morgan fingerprint density at radius 3 is 2.13 bits per heavy atom. The van der Waals surface area contributed by atoms with Crippen LogP contribution in [0.2, 0.25) is 0 Å². The van der Waals surface area contributed by atoms with Crippen LogP contribution in [0.5, 0.6) is 0 Å². The van der Waals surface area contributed by atoms with E-state index in [1.165, 1.54) is 4.90 Å². The van der Waals surface area contributed by atoms with E-state index in [-0.39, 0.29) is 18.1 Å². The second kappa shape index (κ2) is 9.18. The van der Waals surface area contributed by atoms with Crippen LogP contribution in [-0.4, -0.2) is 40.0 Å². The highest BCUT2D eigenvalue weighted by molar-refractivity contribution is 7.99. The molecule has 2 amide bonds. The minimum absolute atomic E-state index is 0.0432. The normalized spacial score (nSPS) is 14.0. The Hall–Kier alpha value is -1.20. The van der Waals surface area contributed by atoms with Crippen LogP contribution in [-0.2, 0) is 0 Å². The van der Waals surface area contributed by atoms with Gasteiger partial charge in [0.2, 0.25) is 0 Å². The monoisotopic (exact) mass is 338 g/mol. The maximum absolute atomic E-state index is 12.4. The number of hydrogen-bond acceptors (Lipinski definition) is 3. The lowest BCUT2D eigenvalue weighted by atomic mass is 10.1. The number of benzene rings is 1. The van der Waals surface area contributed by atoms with E-state index in [1.807, 2.05) is 32.5 Å². The molecule has 0 aliphatic rings. The minimum Gasteiger partial charge on any atom is -0.392 e. The summed E-state index contributed by atoms with van der Waals surface area (Å²) in [4.78, 5) is 15.3. The number of hydrogen-bond donors (Lipinski definition) is 2. The van der Waals surface area contributed by atoms with Gasteiger partial charge < -0.3 is 15.3 Å². The average Bonchev–Trinajstić information content (AvgIpc) is 2.44. The van der Waals surface area contributed by atoms with Gasteiger partial charge in [-0.05, 0) is 45.4 Å². The first-order chi connectivity index (χ1) is 10.7. The van der Waals surface area contributed by atoms with E-state index < -0.39 is 6.10 Å². The number of aliphatic hydroxyl groups excluding tert-OH is 1.